The van der Waals surface area contributed by atoms with Gasteiger partial charge in [0.1, 0.15) is 0 Å². The summed E-state index contributed by atoms with van der Waals surface area (Å²) in [6.45, 7) is 6.25. The summed E-state index contributed by atoms with van der Waals surface area (Å²) in [5, 5.41) is 3.15. The minimum atomic E-state index is -0.0701. The van der Waals surface area contributed by atoms with Crippen LogP contribution in [0.15, 0.2) is 48.5 Å². The maximum Gasteiger partial charge on any atom is 0.252 e. The van der Waals surface area contributed by atoms with Crippen molar-refractivity contribution in [3.05, 3.63) is 65.2 Å². The van der Waals surface area contributed by atoms with E-state index in [0.29, 0.717) is 17.2 Å². The molecule has 0 aromatic heterocycles. The number of carbonyl (C=O) groups is 1. The van der Waals surface area contributed by atoms with Crippen molar-refractivity contribution >= 4 is 11.6 Å². The third-order valence-electron chi connectivity index (χ3n) is 3.72. The van der Waals surface area contributed by atoms with Gasteiger partial charge in [-0.1, -0.05) is 50.2 Å². The van der Waals surface area contributed by atoms with Crippen LogP contribution < -0.4 is 11.1 Å². The van der Waals surface area contributed by atoms with E-state index in [-0.39, 0.29) is 11.9 Å². The normalized spacial score (nSPS) is 12.2. The zero-order valence-electron chi connectivity index (χ0n) is 13.5. The largest absolute Gasteiger partial charge is 0.399 e. The van der Waals surface area contributed by atoms with E-state index in [0.717, 1.165) is 17.5 Å². The van der Waals surface area contributed by atoms with E-state index in [9.17, 15) is 4.79 Å². The first-order valence-corrected chi connectivity index (χ1v) is 7.69. The van der Waals surface area contributed by atoms with Crippen LogP contribution in [0.3, 0.4) is 0 Å². The lowest BCUT2D eigenvalue weighted by Gasteiger charge is -2.22. The van der Waals surface area contributed by atoms with E-state index in [1.165, 1.54) is 0 Å². The smallest absolute Gasteiger partial charge is 0.252 e. The highest BCUT2D eigenvalue weighted by Crippen LogP contribution is 2.22. The Labute approximate surface area is 132 Å². The number of benzene rings is 2. The van der Waals surface area contributed by atoms with E-state index in [2.05, 4.69) is 31.3 Å². The van der Waals surface area contributed by atoms with Crippen molar-refractivity contribution in [1.82, 2.24) is 5.32 Å². The number of nitrogens with one attached hydrogen (secondary N) is 1. The second-order valence-electron chi connectivity index (χ2n) is 6.14. The summed E-state index contributed by atoms with van der Waals surface area (Å²) in [4.78, 5) is 12.6. The molecule has 22 heavy (non-hydrogen) atoms. The molecule has 0 heterocycles. The van der Waals surface area contributed by atoms with Crippen molar-refractivity contribution in [1.29, 1.82) is 0 Å². The summed E-state index contributed by atoms with van der Waals surface area (Å²) in [6, 6.07) is 15.5. The van der Waals surface area contributed by atoms with Crippen molar-refractivity contribution in [2.24, 2.45) is 5.92 Å². The lowest BCUT2D eigenvalue weighted by molar-refractivity contribution is 0.0931. The Bertz CT molecular complexity index is 635. The zero-order valence-corrected chi connectivity index (χ0v) is 13.5. The molecule has 0 saturated carbocycles. The average molecular weight is 296 g/mol. The second kappa shape index (κ2) is 7.12. The van der Waals surface area contributed by atoms with Gasteiger partial charge in [-0.25, -0.2) is 0 Å². The highest BCUT2D eigenvalue weighted by molar-refractivity contribution is 5.96. The van der Waals surface area contributed by atoms with Gasteiger partial charge in [0, 0.05) is 11.3 Å². The van der Waals surface area contributed by atoms with Crippen LogP contribution in [0, 0.1) is 12.8 Å². The predicted octanol–water partition coefficient (Wildman–Crippen LogP) is 4.09. The topological polar surface area (TPSA) is 55.1 Å². The summed E-state index contributed by atoms with van der Waals surface area (Å²) in [7, 11) is 0. The fraction of sp³-hybridized carbons (Fsp3) is 0.316. The van der Waals surface area contributed by atoms with Gasteiger partial charge in [-0.3, -0.25) is 4.79 Å². The van der Waals surface area contributed by atoms with Crippen LogP contribution in [0.4, 0.5) is 5.69 Å². The fourth-order valence-corrected chi connectivity index (χ4v) is 2.56. The quantitative estimate of drug-likeness (QED) is 0.816. The van der Waals surface area contributed by atoms with Gasteiger partial charge in [0.05, 0.1) is 6.04 Å². The molecule has 3 heteroatoms. The third-order valence-corrected chi connectivity index (χ3v) is 3.72. The van der Waals surface area contributed by atoms with Crippen LogP contribution in [0.2, 0.25) is 0 Å². The van der Waals surface area contributed by atoms with Gasteiger partial charge in [-0.05, 0) is 42.5 Å². The first-order chi connectivity index (χ1) is 10.5. The number of anilines is 1. The molecule has 0 bridgehead atoms. The Morgan fingerprint density at radius 3 is 2.45 bits per heavy atom. The summed E-state index contributed by atoms with van der Waals surface area (Å²) < 4.78 is 0. The van der Waals surface area contributed by atoms with E-state index in [1.54, 1.807) is 6.07 Å². The van der Waals surface area contributed by atoms with E-state index >= 15 is 0 Å². The van der Waals surface area contributed by atoms with Crippen molar-refractivity contribution in [2.75, 3.05) is 5.73 Å². The Balaban J connectivity index is 2.23. The first kappa shape index (κ1) is 16.1. The molecule has 0 aliphatic carbocycles. The number of aryl methyl sites for hydroxylation is 1. The van der Waals surface area contributed by atoms with Crippen LogP contribution in [-0.2, 0) is 0 Å². The molecule has 0 saturated heterocycles. The van der Waals surface area contributed by atoms with E-state index in [4.69, 9.17) is 5.73 Å². The highest BCUT2D eigenvalue weighted by Gasteiger charge is 2.18. The molecule has 2 aromatic carbocycles. The Morgan fingerprint density at radius 1 is 1.14 bits per heavy atom. The fourth-order valence-electron chi connectivity index (χ4n) is 2.56. The van der Waals surface area contributed by atoms with Crippen molar-refractivity contribution in [3.63, 3.8) is 0 Å². The summed E-state index contributed by atoms with van der Waals surface area (Å²) in [5.74, 6) is 0.423. The predicted molar refractivity (Wildman–Crippen MR) is 91.7 cm³/mol. The minimum absolute atomic E-state index is 0.00882. The molecule has 0 aliphatic heterocycles. The Kier molecular flexibility index (Phi) is 5.21. The number of nitrogens with two attached hydrogens (primary N) is 1. The SMILES string of the molecule is Cc1ccc(N)cc1C(=O)NC(CC(C)C)c1ccccc1. The zero-order chi connectivity index (χ0) is 16.1. The Hall–Kier alpha value is -2.29. The summed E-state index contributed by atoms with van der Waals surface area (Å²) in [5.41, 5.74) is 9.12. The monoisotopic (exact) mass is 296 g/mol. The standard InChI is InChI=1S/C19H24N2O/c1-13(2)11-18(15-7-5-4-6-8-15)21-19(22)17-12-16(20)10-9-14(17)3/h4-10,12-13,18H,11,20H2,1-3H3,(H,21,22). The first-order valence-electron chi connectivity index (χ1n) is 7.69. The highest BCUT2D eigenvalue weighted by atomic mass is 16.1. The van der Waals surface area contributed by atoms with Gasteiger partial charge in [0.15, 0.2) is 0 Å². The lowest BCUT2D eigenvalue weighted by Crippen LogP contribution is -2.30. The van der Waals surface area contributed by atoms with Gasteiger partial charge >= 0.3 is 0 Å². The summed E-state index contributed by atoms with van der Waals surface area (Å²) in [6.07, 6.45) is 0.900. The molecule has 116 valence electrons. The van der Waals surface area contributed by atoms with Gasteiger partial charge < -0.3 is 11.1 Å². The van der Waals surface area contributed by atoms with Gasteiger partial charge in [0.2, 0.25) is 0 Å². The number of hydrogen-bond donors (Lipinski definition) is 2. The number of hydrogen-bond acceptors (Lipinski definition) is 2. The van der Waals surface area contributed by atoms with Gasteiger partial charge in [-0.15, -0.1) is 0 Å². The summed E-state index contributed by atoms with van der Waals surface area (Å²) >= 11 is 0. The minimum Gasteiger partial charge on any atom is -0.399 e. The number of amides is 1. The molecular weight excluding hydrogens is 272 g/mol. The number of carbonyl (C=O) groups excluding carboxylic acids is 1. The number of rotatable bonds is 5. The van der Waals surface area contributed by atoms with Crippen molar-refractivity contribution in [3.8, 4) is 0 Å². The van der Waals surface area contributed by atoms with Crippen molar-refractivity contribution in [2.45, 2.75) is 33.2 Å². The maximum atomic E-state index is 12.6. The van der Waals surface area contributed by atoms with E-state index in [1.807, 2.05) is 37.3 Å². The Morgan fingerprint density at radius 2 is 1.82 bits per heavy atom. The second-order valence-corrected chi connectivity index (χ2v) is 6.14. The van der Waals surface area contributed by atoms with Crippen LogP contribution in [0.5, 0.6) is 0 Å². The lowest BCUT2D eigenvalue weighted by atomic mass is 9.96. The maximum absolute atomic E-state index is 12.6. The van der Waals surface area contributed by atoms with Crippen LogP contribution in [0.1, 0.15) is 47.8 Å². The molecule has 1 amide bonds. The van der Waals surface area contributed by atoms with E-state index < -0.39 is 0 Å². The molecule has 2 aromatic rings. The molecular formula is C19H24N2O. The average Bonchev–Trinajstić information content (AvgIpc) is 2.49. The molecule has 3 nitrogen and oxygen atoms in total. The molecule has 0 fully saturated rings. The third kappa shape index (κ3) is 4.10. The van der Waals surface area contributed by atoms with Gasteiger partial charge in [0.25, 0.3) is 5.91 Å². The molecule has 0 aliphatic rings. The molecule has 1 atom stereocenters. The molecule has 0 spiro atoms. The van der Waals surface area contributed by atoms with Crippen LogP contribution in [0.25, 0.3) is 0 Å². The molecule has 1 unspecified atom stereocenters. The molecule has 0 radical (unpaired) electrons. The van der Waals surface area contributed by atoms with Crippen molar-refractivity contribution < 1.29 is 4.79 Å². The number of nitrogen functional groups attached to an aromatic ring is 1. The van der Waals surface area contributed by atoms with Crippen LogP contribution >= 0.6 is 0 Å². The molecule has 2 rings (SSSR count). The van der Waals surface area contributed by atoms with Crippen LogP contribution in [-0.4, -0.2) is 5.91 Å². The van der Waals surface area contributed by atoms with Gasteiger partial charge in [-0.2, -0.15) is 0 Å². The molecule has 3 N–H and O–H groups in total.